The zero-order valence-electron chi connectivity index (χ0n) is 14.4. The summed E-state index contributed by atoms with van der Waals surface area (Å²) in [4.78, 5) is 5.01. The molecule has 0 radical (unpaired) electrons. The molecule has 0 spiro atoms. The Labute approximate surface area is 145 Å². The summed E-state index contributed by atoms with van der Waals surface area (Å²) >= 11 is 0. The van der Waals surface area contributed by atoms with Crippen LogP contribution in [0.25, 0.3) is 0 Å². The molecule has 128 valence electrons. The van der Waals surface area contributed by atoms with Gasteiger partial charge in [0.2, 0.25) is 0 Å². The highest BCUT2D eigenvalue weighted by atomic mass is 15.2. The standard InChI is InChI=1S/C20H28N4/c1-2-6-19(5-1)17-23-13-9-21-11-15-24(16-12-22-10-14-23)18-20-7-3-4-8-20/h1-5,7,21-22H,9-18H2. The normalized spacial score (nSPS) is 23.2. The molecule has 1 heterocycles. The highest BCUT2D eigenvalue weighted by Gasteiger charge is 2.10. The van der Waals surface area contributed by atoms with Crippen LogP contribution in [0.4, 0.5) is 0 Å². The van der Waals surface area contributed by atoms with Crippen LogP contribution in [0.15, 0.2) is 59.1 Å². The van der Waals surface area contributed by atoms with Crippen LogP contribution in [0.2, 0.25) is 0 Å². The van der Waals surface area contributed by atoms with E-state index in [1.807, 2.05) is 12.2 Å². The van der Waals surface area contributed by atoms with Gasteiger partial charge in [-0.25, -0.2) is 0 Å². The molecule has 3 rings (SSSR count). The fourth-order valence-electron chi connectivity index (χ4n) is 3.15. The fourth-order valence-corrected chi connectivity index (χ4v) is 3.15. The van der Waals surface area contributed by atoms with Crippen molar-refractivity contribution in [3.63, 3.8) is 0 Å². The summed E-state index contributed by atoms with van der Waals surface area (Å²) in [5.41, 5.74) is 9.19. The second-order valence-corrected chi connectivity index (χ2v) is 6.44. The fraction of sp³-hybridized carbons (Fsp3) is 0.500. The molecule has 2 aliphatic carbocycles. The van der Waals surface area contributed by atoms with Gasteiger partial charge < -0.3 is 10.6 Å². The van der Waals surface area contributed by atoms with Crippen molar-refractivity contribution in [2.45, 2.75) is 0 Å². The quantitative estimate of drug-likeness (QED) is 0.758. The van der Waals surface area contributed by atoms with Crippen LogP contribution in [-0.4, -0.2) is 75.2 Å². The van der Waals surface area contributed by atoms with Crippen molar-refractivity contribution in [3.05, 3.63) is 59.1 Å². The summed E-state index contributed by atoms with van der Waals surface area (Å²) in [5, 5.41) is 7.20. The number of hydrogen-bond donors (Lipinski definition) is 2. The molecule has 1 aliphatic heterocycles. The molecule has 1 fully saturated rings. The minimum absolute atomic E-state index is 0.995. The predicted molar refractivity (Wildman–Crippen MR) is 100 cm³/mol. The highest BCUT2D eigenvalue weighted by molar-refractivity contribution is 5.30. The van der Waals surface area contributed by atoms with Gasteiger partial charge in [0, 0.05) is 76.6 Å². The Morgan fingerprint density at radius 3 is 1.46 bits per heavy atom. The van der Waals surface area contributed by atoms with Crippen molar-refractivity contribution in [1.82, 2.24) is 20.4 Å². The number of allylic oxidation sites excluding steroid dienone is 2. The molecule has 24 heavy (non-hydrogen) atoms. The molecule has 4 nitrogen and oxygen atoms in total. The Bertz CT molecular complexity index is 535. The van der Waals surface area contributed by atoms with E-state index in [2.05, 4.69) is 56.2 Å². The highest BCUT2D eigenvalue weighted by Crippen LogP contribution is 2.06. The first-order chi connectivity index (χ1) is 11.9. The molecule has 2 N–H and O–H groups in total. The van der Waals surface area contributed by atoms with Gasteiger partial charge >= 0.3 is 0 Å². The van der Waals surface area contributed by atoms with Crippen molar-refractivity contribution in [2.24, 2.45) is 0 Å². The van der Waals surface area contributed by atoms with Gasteiger partial charge in [-0.15, -0.1) is 11.5 Å². The molecule has 0 atom stereocenters. The van der Waals surface area contributed by atoms with Crippen molar-refractivity contribution in [1.29, 1.82) is 0 Å². The molecule has 1 saturated heterocycles. The first-order valence-electron chi connectivity index (χ1n) is 9.01. The molecule has 3 aliphatic rings. The van der Waals surface area contributed by atoms with Gasteiger partial charge in [-0.05, 0) is 24.3 Å². The summed E-state index contributed by atoms with van der Waals surface area (Å²) < 4.78 is 0. The van der Waals surface area contributed by atoms with Gasteiger partial charge in [0.1, 0.15) is 0 Å². The zero-order chi connectivity index (χ0) is 16.5. The molecule has 0 aromatic carbocycles. The van der Waals surface area contributed by atoms with E-state index < -0.39 is 0 Å². The zero-order valence-corrected chi connectivity index (χ0v) is 14.4. The first-order valence-corrected chi connectivity index (χ1v) is 9.01. The average molecular weight is 324 g/mol. The maximum absolute atomic E-state index is 3.60. The molecule has 0 amide bonds. The molecular weight excluding hydrogens is 296 g/mol. The Morgan fingerprint density at radius 1 is 0.708 bits per heavy atom. The first kappa shape index (κ1) is 17.2. The van der Waals surface area contributed by atoms with Crippen LogP contribution >= 0.6 is 0 Å². The molecule has 0 aromatic heterocycles. The van der Waals surface area contributed by atoms with Crippen molar-refractivity contribution in [3.8, 4) is 0 Å². The summed E-state index contributed by atoms with van der Waals surface area (Å²) in [7, 11) is 0. The number of nitrogens with one attached hydrogen (secondary N) is 2. The van der Waals surface area contributed by atoms with Crippen molar-refractivity contribution in [2.75, 3.05) is 65.4 Å². The van der Waals surface area contributed by atoms with E-state index in [-0.39, 0.29) is 0 Å². The summed E-state index contributed by atoms with van der Waals surface area (Å²) in [6.07, 6.45) is 12.5. The summed E-state index contributed by atoms with van der Waals surface area (Å²) in [6.45, 7) is 10.5. The van der Waals surface area contributed by atoms with Gasteiger partial charge in [-0.1, -0.05) is 12.2 Å². The Morgan fingerprint density at radius 2 is 1.12 bits per heavy atom. The van der Waals surface area contributed by atoms with Crippen molar-refractivity contribution < 1.29 is 0 Å². The maximum Gasteiger partial charge on any atom is 0.0308 e. The maximum atomic E-state index is 3.60. The third kappa shape index (κ3) is 5.77. The van der Waals surface area contributed by atoms with E-state index in [1.54, 1.807) is 0 Å². The topological polar surface area (TPSA) is 30.5 Å². The molecule has 0 unspecified atom stereocenters. The molecule has 4 heteroatoms. The SMILES string of the molecule is C1=CC=CC=1CN1CCNCCN(CC2=C=CC=C2)CCNCC1. The minimum Gasteiger partial charge on any atom is -0.314 e. The van der Waals surface area contributed by atoms with Gasteiger partial charge in [-0.2, -0.15) is 0 Å². The average Bonchev–Trinajstić information content (AvgIpc) is 3.25. The van der Waals surface area contributed by atoms with Gasteiger partial charge in [-0.3, -0.25) is 9.80 Å². The minimum atomic E-state index is 0.995. The summed E-state index contributed by atoms with van der Waals surface area (Å²) in [6, 6.07) is 0. The molecule has 0 saturated carbocycles. The lowest BCUT2D eigenvalue weighted by Crippen LogP contribution is -2.43. The van der Waals surface area contributed by atoms with Crippen LogP contribution in [-0.2, 0) is 0 Å². The molecule has 0 aromatic rings. The molecule has 0 bridgehead atoms. The monoisotopic (exact) mass is 324 g/mol. The second-order valence-electron chi connectivity index (χ2n) is 6.44. The lowest BCUT2D eigenvalue weighted by molar-refractivity contribution is 0.261. The lowest BCUT2D eigenvalue weighted by Gasteiger charge is -2.26. The van der Waals surface area contributed by atoms with E-state index in [1.165, 1.54) is 11.1 Å². The Kier molecular flexibility index (Phi) is 6.88. The third-order valence-corrected chi connectivity index (χ3v) is 4.53. The Balaban J connectivity index is 1.45. The van der Waals surface area contributed by atoms with Crippen LogP contribution in [0.3, 0.4) is 0 Å². The Hall–Kier alpha value is -1.64. The van der Waals surface area contributed by atoms with Gasteiger partial charge in [0.25, 0.3) is 0 Å². The van der Waals surface area contributed by atoms with E-state index >= 15 is 0 Å². The van der Waals surface area contributed by atoms with E-state index in [0.717, 1.165) is 65.4 Å². The van der Waals surface area contributed by atoms with Gasteiger partial charge in [0.15, 0.2) is 0 Å². The largest absolute Gasteiger partial charge is 0.314 e. The predicted octanol–water partition coefficient (Wildman–Crippen LogP) is 1.09. The number of rotatable bonds is 4. The van der Waals surface area contributed by atoms with Crippen LogP contribution in [0.5, 0.6) is 0 Å². The van der Waals surface area contributed by atoms with Crippen LogP contribution in [0.1, 0.15) is 0 Å². The summed E-state index contributed by atoms with van der Waals surface area (Å²) in [5.74, 6) is 0. The van der Waals surface area contributed by atoms with E-state index in [0.29, 0.717) is 0 Å². The number of nitrogens with zero attached hydrogens (tertiary/aromatic N) is 2. The lowest BCUT2D eigenvalue weighted by atomic mass is 10.2. The second kappa shape index (κ2) is 9.61. The van der Waals surface area contributed by atoms with Gasteiger partial charge in [0.05, 0.1) is 0 Å². The number of hydrogen-bond acceptors (Lipinski definition) is 4. The van der Waals surface area contributed by atoms with Crippen LogP contribution < -0.4 is 10.6 Å². The smallest absolute Gasteiger partial charge is 0.0308 e. The van der Waals surface area contributed by atoms with E-state index in [9.17, 15) is 0 Å². The van der Waals surface area contributed by atoms with E-state index in [4.69, 9.17) is 0 Å². The van der Waals surface area contributed by atoms with Crippen molar-refractivity contribution >= 4 is 0 Å². The third-order valence-electron chi connectivity index (χ3n) is 4.53. The van der Waals surface area contributed by atoms with Crippen LogP contribution in [0, 0.1) is 0 Å². The molecular formula is C20H28N4.